The second-order valence-corrected chi connectivity index (χ2v) is 6.15. The molecule has 0 fully saturated rings. The van der Waals surface area contributed by atoms with E-state index in [1.807, 2.05) is 13.8 Å². The van der Waals surface area contributed by atoms with Gasteiger partial charge in [-0.05, 0) is 24.1 Å². The van der Waals surface area contributed by atoms with Crippen LogP contribution in [0.5, 0.6) is 0 Å². The lowest BCUT2D eigenvalue weighted by Crippen LogP contribution is -2.44. The minimum absolute atomic E-state index is 0.112. The van der Waals surface area contributed by atoms with Crippen molar-refractivity contribution in [1.29, 1.82) is 0 Å². The molecule has 0 unspecified atom stereocenters. The number of halogens is 1. The molecule has 2 rings (SSSR count). The molecule has 2 aromatic rings. The fourth-order valence-electron chi connectivity index (χ4n) is 1.77. The number of aromatic nitrogens is 1. The summed E-state index contributed by atoms with van der Waals surface area (Å²) in [6, 6.07) is 4.05. The van der Waals surface area contributed by atoms with Crippen molar-refractivity contribution in [3.05, 3.63) is 29.0 Å². The van der Waals surface area contributed by atoms with E-state index in [1.54, 1.807) is 6.07 Å². The van der Waals surface area contributed by atoms with Crippen molar-refractivity contribution in [2.75, 3.05) is 6.54 Å². The Hall–Kier alpha value is -1.53. The SMILES string of the molecule is CC(C)[C@H](N)C(=O)NCCc1nc2ccc(F)cc2s1. The van der Waals surface area contributed by atoms with Crippen LogP contribution in [0.3, 0.4) is 0 Å². The van der Waals surface area contributed by atoms with Crippen LogP contribution in [0.1, 0.15) is 18.9 Å². The molecule has 1 atom stereocenters. The smallest absolute Gasteiger partial charge is 0.237 e. The highest BCUT2D eigenvalue weighted by Crippen LogP contribution is 2.22. The summed E-state index contributed by atoms with van der Waals surface area (Å²) >= 11 is 1.44. The Labute approximate surface area is 121 Å². The molecule has 0 bridgehead atoms. The number of carbonyl (C=O) groups excluding carboxylic acids is 1. The van der Waals surface area contributed by atoms with Crippen LogP contribution in [0.25, 0.3) is 10.2 Å². The molecule has 0 radical (unpaired) electrons. The molecule has 0 spiro atoms. The van der Waals surface area contributed by atoms with Crippen molar-refractivity contribution >= 4 is 27.5 Å². The average molecular weight is 295 g/mol. The molecule has 0 aliphatic carbocycles. The number of thiazole rings is 1. The Kier molecular flexibility index (Phi) is 4.67. The molecule has 0 aliphatic rings. The van der Waals surface area contributed by atoms with Crippen molar-refractivity contribution in [3.63, 3.8) is 0 Å². The predicted octanol–water partition coefficient (Wildman–Crippen LogP) is 2.08. The van der Waals surface area contributed by atoms with Gasteiger partial charge in [0.05, 0.1) is 21.3 Å². The molecule has 1 amide bonds. The molecule has 20 heavy (non-hydrogen) atoms. The van der Waals surface area contributed by atoms with Crippen LogP contribution in [0.2, 0.25) is 0 Å². The summed E-state index contributed by atoms with van der Waals surface area (Å²) in [4.78, 5) is 16.1. The molecule has 6 heteroatoms. The first-order valence-electron chi connectivity index (χ1n) is 6.55. The molecule has 1 aromatic heterocycles. The van der Waals surface area contributed by atoms with Gasteiger partial charge in [-0.1, -0.05) is 13.8 Å². The maximum atomic E-state index is 13.1. The number of benzene rings is 1. The van der Waals surface area contributed by atoms with Crippen LogP contribution >= 0.6 is 11.3 Å². The topological polar surface area (TPSA) is 68.0 Å². The Bertz CT molecular complexity index is 611. The van der Waals surface area contributed by atoms with Crippen LogP contribution in [0.15, 0.2) is 18.2 Å². The van der Waals surface area contributed by atoms with E-state index in [2.05, 4.69) is 10.3 Å². The summed E-state index contributed by atoms with van der Waals surface area (Å²) in [5, 5.41) is 3.68. The first-order valence-corrected chi connectivity index (χ1v) is 7.37. The average Bonchev–Trinajstić information content (AvgIpc) is 2.79. The Balaban J connectivity index is 1.91. The van der Waals surface area contributed by atoms with Gasteiger partial charge in [0, 0.05) is 13.0 Å². The van der Waals surface area contributed by atoms with Gasteiger partial charge in [-0.25, -0.2) is 9.37 Å². The highest BCUT2D eigenvalue weighted by molar-refractivity contribution is 7.18. The highest BCUT2D eigenvalue weighted by Gasteiger charge is 2.16. The lowest BCUT2D eigenvalue weighted by atomic mass is 10.1. The lowest BCUT2D eigenvalue weighted by Gasteiger charge is -2.14. The molecule has 0 saturated carbocycles. The van der Waals surface area contributed by atoms with E-state index in [0.717, 1.165) is 15.2 Å². The largest absolute Gasteiger partial charge is 0.354 e. The monoisotopic (exact) mass is 295 g/mol. The minimum Gasteiger partial charge on any atom is -0.354 e. The van der Waals surface area contributed by atoms with Crippen molar-refractivity contribution in [2.45, 2.75) is 26.3 Å². The Morgan fingerprint density at radius 1 is 1.50 bits per heavy atom. The number of nitrogens with zero attached hydrogens (tertiary/aromatic N) is 1. The fourth-order valence-corrected chi connectivity index (χ4v) is 2.76. The second kappa shape index (κ2) is 6.28. The van der Waals surface area contributed by atoms with Crippen LogP contribution in [-0.4, -0.2) is 23.5 Å². The van der Waals surface area contributed by atoms with E-state index in [9.17, 15) is 9.18 Å². The van der Waals surface area contributed by atoms with Crippen molar-refractivity contribution in [3.8, 4) is 0 Å². The summed E-state index contributed by atoms with van der Waals surface area (Å²) in [5.41, 5.74) is 6.54. The minimum atomic E-state index is -0.487. The van der Waals surface area contributed by atoms with Gasteiger partial charge in [0.25, 0.3) is 0 Å². The standard InChI is InChI=1S/C14H18FN3OS/c1-8(2)13(16)14(19)17-6-5-12-18-10-4-3-9(15)7-11(10)20-12/h3-4,7-8,13H,5-6,16H2,1-2H3,(H,17,19)/t13-/m0/s1. The third-order valence-electron chi connectivity index (χ3n) is 3.05. The molecule has 0 aliphatic heterocycles. The third-order valence-corrected chi connectivity index (χ3v) is 4.13. The number of hydrogen-bond donors (Lipinski definition) is 2. The van der Waals surface area contributed by atoms with Gasteiger partial charge in [0.15, 0.2) is 0 Å². The normalized spacial score (nSPS) is 12.8. The maximum Gasteiger partial charge on any atom is 0.237 e. The predicted molar refractivity (Wildman–Crippen MR) is 79.1 cm³/mol. The summed E-state index contributed by atoms with van der Waals surface area (Å²) in [6.07, 6.45) is 0.623. The van der Waals surface area contributed by atoms with Gasteiger partial charge >= 0.3 is 0 Å². The van der Waals surface area contributed by atoms with Crippen LogP contribution in [0, 0.1) is 11.7 Å². The van der Waals surface area contributed by atoms with E-state index >= 15 is 0 Å². The van der Waals surface area contributed by atoms with E-state index in [1.165, 1.54) is 23.5 Å². The molecular weight excluding hydrogens is 277 g/mol. The molecule has 1 aromatic carbocycles. The number of amides is 1. The molecule has 108 valence electrons. The fraction of sp³-hybridized carbons (Fsp3) is 0.429. The van der Waals surface area contributed by atoms with Crippen molar-refractivity contribution in [1.82, 2.24) is 10.3 Å². The van der Waals surface area contributed by atoms with Crippen molar-refractivity contribution in [2.24, 2.45) is 11.7 Å². The first kappa shape index (κ1) is 14.9. The number of rotatable bonds is 5. The van der Waals surface area contributed by atoms with E-state index in [-0.39, 0.29) is 17.6 Å². The van der Waals surface area contributed by atoms with Gasteiger partial charge in [0.2, 0.25) is 5.91 Å². The van der Waals surface area contributed by atoms with E-state index in [0.29, 0.717) is 13.0 Å². The quantitative estimate of drug-likeness (QED) is 0.887. The molecule has 3 N–H and O–H groups in total. The molecule has 4 nitrogen and oxygen atoms in total. The molecule has 1 heterocycles. The van der Waals surface area contributed by atoms with Crippen molar-refractivity contribution < 1.29 is 9.18 Å². The number of nitrogens with one attached hydrogen (secondary N) is 1. The summed E-state index contributed by atoms with van der Waals surface area (Å²) in [5.74, 6) is -0.295. The van der Waals surface area contributed by atoms with Crippen LogP contribution in [0.4, 0.5) is 4.39 Å². The first-order chi connectivity index (χ1) is 9.47. The Morgan fingerprint density at radius 2 is 2.25 bits per heavy atom. The highest BCUT2D eigenvalue weighted by atomic mass is 32.1. The summed E-state index contributed by atoms with van der Waals surface area (Å²) < 4.78 is 13.9. The van der Waals surface area contributed by atoms with Crippen LogP contribution < -0.4 is 11.1 Å². The zero-order chi connectivity index (χ0) is 14.7. The number of carbonyl (C=O) groups is 1. The van der Waals surface area contributed by atoms with Gasteiger partial charge in [-0.15, -0.1) is 11.3 Å². The maximum absolute atomic E-state index is 13.1. The van der Waals surface area contributed by atoms with Gasteiger partial charge in [-0.3, -0.25) is 4.79 Å². The zero-order valence-corrected chi connectivity index (χ0v) is 12.3. The van der Waals surface area contributed by atoms with Gasteiger partial charge in [0.1, 0.15) is 5.82 Å². The van der Waals surface area contributed by atoms with Gasteiger partial charge < -0.3 is 11.1 Å². The number of nitrogens with two attached hydrogens (primary N) is 1. The molecular formula is C14H18FN3OS. The van der Waals surface area contributed by atoms with Gasteiger partial charge in [-0.2, -0.15) is 0 Å². The molecule has 0 saturated heterocycles. The lowest BCUT2D eigenvalue weighted by molar-refractivity contribution is -0.123. The second-order valence-electron chi connectivity index (χ2n) is 5.03. The Morgan fingerprint density at radius 3 is 2.95 bits per heavy atom. The summed E-state index contributed by atoms with van der Waals surface area (Å²) in [7, 11) is 0. The third kappa shape index (κ3) is 3.52. The van der Waals surface area contributed by atoms with Crippen LogP contribution in [-0.2, 0) is 11.2 Å². The summed E-state index contributed by atoms with van der Waals surface area (Å²) in [6.45, 7) is 4.31. The number of fused-ring (bicyclic) bond motifs is 1. The van der Waals surface area contributed by atoms with E-state index < -0.39 is 6.04 Å². The van der Waals surface area contributed by atoms with E-state index in [4.69, 9.17) is 5.73 Å². The zero-order valence-electron chi connectivity index (χ0n) is 11.5. The number of hydrogen-bond acceptors (Lipinski definition) is 4.